The number of nitrogens with one attached hydrogen (secondary N) is 2. The molecule has 2 N–H and O–H groups in total. The fourth-order valence-corrected chi connectivity index (χ4v) is 3.99. The standard InChI is InChI=1S/C24H43N5.HI/c1-5-28(6-2)18-10-11-21(3)27-24(25-4)26-19-22-12-14-23(15-13-22)20-29-16-8-7-9-17-29;/h12-15,21H,5-11,16-20H2,1-4H3,(H2,25,26,27);1H. The lowest BCUT2D eigenvalue weighted by atomic mass is 10.1. The van der Waals surface area contributed by atoms with Crippen LogP contribution in [0.1, 0.15) is 64.0 Å². The predicted molar refractivity (Wildman–Crippen MR) is 141 cm³/mol. The van der Waals surface area contributed by atoms with E-state index in [2.05, 4.69) is 70.5 Å². The van der Waals surface area contributed by atoms with Crippen LogP contribution in [0.4, 0.5) is 0 Å². The molecule has 6 heteroatoms. The predicted octanol–water partition coefficient (Wildman–Crippen LogP) is 4.47. The Hall–Kier alpha value is -0.860. The highest BCUT2D eigenvalue weighted by molar-refractivity contribution is 14.0. The number of aliphatic imine (C=N–C) groups is 1. The maximum atomic E-state index is 4.39. The number of rotatable bonds is 11. The number of piperidine rings is 1. The first-order valence-electron chi connectivity index (χ1n) is 11.6. The first kappa shape index (κ1) is 27.2. The summed E-state index contributed by atoms with van der Waals surface area (Å²) in [4.78, 5) is 9.45. The molecule has 2 rings (SSSR count). The highest BCUT2D eigenvalue weighted by atomic mass is 127. The summed E-state index contributed by atoms with van der Waals surface area (Å²) in [6.45, 7) is 14.5. The second-order valence-electron chi connectivity index (χ2n) is 8.29. The Kier molecular flexibility index (Phi) is 14.4. The summed E-state index contributed by atoms with van der Waals surface area (Å²) < 4.78 is 0. The summed E-state index contributed by atoms with van der Waals surface area (Å²) in [6.07, 6.45) is 6.46. The van der Waals surface area contributed by atoms with Crippen molar-refractivity contribution in [3.63, 3.8) is 0 Å². The molecular formula is C24H44IN5. The molecule has 0 spiro atoms. The number of likely N-dealkylation sites (tertiary alicyclic amines) is 1. The van der Waals surface area contributed by atoms with Crippen LogP contribution in [0.3, 0.4) is 0 Å². The summed E-state index contributed by atoms with van der Waals surface area (Å²) in [5, 5.41) is 6.98. The number of halogens is 1. The minimum atomic E-state index is 0. The number of guanidine groups is 1. The average Bonchev–Trinajstić information content (AvgIpc) is 2.76. The molecule has 1 aromatic rings. The monoisotopic (exact) mass is 529 g/mol. The van der Waals surface area contributed by atoms with Crippen LogP contribution in [-0.4, -0.2) is 61.6 Å². The van der Waals surface area contributed by atoms with E-state index in [-0.39, 0.29) is 24.0 Å². The van der Waals surface area contributed by atoms with E-state index in [1.807, 2.05) is 7.05 Å². The zero-order chi connectivity index (χ0) is 20.9. The second kappa shape index (κ2) is 15.9. The van der Waals surface area contributed by atoms with Crippen molar-refractivity contribution in [3.05, 3.63) is 35.4 Å². The Balaban J connectivity index is 0.00000450. The van der Waals surface area contributed by atoms with Crippen molar-refractivity contribution in [2.24, 2.45) is 4.99 Å². The van der Waals surface area contributed by atoms with Gasteiger partial charge in [-0.2, -0.15) is 0 Å². The van der Waals surface area contributed by atoms with E-state index in [0.29, 0.717) is 6.04 Å². The molecule has 5 nitrogen and oxygen atoms in total. The summed E-state index contributed by atoms with van der Waals surface area (Å²) >= 11 is 0. The van der Waals surface area contributed by atoms with Crippen molar-refractivity contribution in [2.45, 2.75) is 72.0 Å². The largest absolute Gasteiger partial charge is 0.354 e. The average molecular weight is 530 g/mol. The van der Waals surface area contributed by atoms with Crippen LogP contribution in [0.5, 0.6) is 0 Å². The van der Waals surface area contributed by atoms with Gasteiger partial charge in [0.15, 0.2) is 5.96 Å². The van der Waals surface area contributed by atoms with Crippen LogP contribution >= 0.6 is 24.0 Å². The van der Waals surface area contributed by atoms with Gasteiger partial charge in [-0.25, -0.2) is 0 Å². The third-order valence-electron chi connectivity index (χ3n) is 5.95. The molecule has 0 radical (unpaired) electrons. The highest BCUT2D eigenvalue weighted by Crippen LogP contribution is 2.13. The first-order valence-corrected chi connectivity index (χ1v) is 11.6. The smallest absolute Gasteiger partial charge is 0.191 e. The van der Waals surface area contributed by atoms with Gasteiger partial charge in [0.2, 0.25) is 0 Å². The zero-order valence-electron chi connectivity index (χ0n) is 19.6. The van der Waals surface area contributed by atoms with E-state index in [9.17, 15) is 0 Å². The molecule has 1 aromatic carbocycles. The van der Waals surface area contributed by atoms with E-state index < -0.39 is 0 Å². The molecule has 1 atom stereocenters. The Morgan fingerprint density at radius 3 is 2.30 bits per heavy atom. The van der Waals surface area contributed by atoms with Crippen LogP contribution in [0, 0.1) is 0 Å². The molecular weight excluding hydrogens is 485 g/mol. The maximum absolute atomic E-state index is 4.39. The summed E-state index contributed by atoms with van der Waals surface area (Å²) in [6, 6.07) is 9.46. The molecule has 1 fully saturated rings. The lowest BCUT2D eigenvalue weighted by molar-refractivity contribution is 0.221. The van der Waals surface area contributed by atoms with Crippen molar-refractivity contribution in [2.75, 3.05) is 39.8 Å². The van der Waals surface area contributed by atoms with Crippen LogP contribution in [0.2, 0.25) is 0 Å². The number of benzene rings is 1. The molecule has 0 aromatic heterocycles. The van der Waals surface area contributed by atoms with E-state index in [0.717, 1.165) is 38.6 Å². The molecule has 1 aliphatic rings. The van der Waals surface area contributed by atoms with Gasteiger partial charge in [0.05, 0.1) is 0 Å². The number of hydrogen-bond donors (Lipinski definition) is 2. The Bertz CT molecular complexity index is 580. The SMILES string of the molecule is CCN(CC)CCCC(C)NC(=NC)NCc1ccc(CN2CCCCC2)cc1.I. The van der Waals surface area contributed by atoms with Gasteiger partial charge in [-0.3, -0.25) is 9.89 Å². The zero-order valence-corrected chi connectivity index (χ0v) is 22.0. The Labute approximate surface area is 202 Å². The van der Waals surface area contributed by atoms with Crippen LogP contribution in [0.25, 0.3) is 0 Å². The highest BCUT2D eigenvalue weighted by Gasteiger charge is 2.10. The van der Waals surface area contributed by atoms with Gasteiger partial charge in [-0.05, 0) is 76.5 Å². The lowest BCUT2D eigenvalue weighted by Crippen LogP contribution is -2.42. The molecule has 1 unspecified atom stereocenters. The van der Waals surface area contributed by atoms with Gasteiger partial charge < -0.3 is 15.5 Å². The Morgan fingerprint density at radius 1 is 1.07 bits per heavy atom. The Morgan fingerprint density at radius 2 is 1.70 bits per heavy atom. The van der Waals surface area contributed by atoms with Gasteiger partial charge in [0.1, 0.15) is 0 Å². The van der Waals surface area contributed by atoms with E-state index in [1.165, 1.54) is 56.4 Å². The molecule has 0 saturated carbocycles. The van der Waals surface area contributed by atoms with E-state index >= 15 is 0 Å². The van der Waals surface area contributed by atoms with Crippen LogP contribution < -0.4 is 10.6 Å². The third kappa shape index (κ3) is 10.4. The van der Waals surface area contributed by atoms with Crippen molar-refractivity contribution in [3.8, 4) is 0 Å². The summed E-state index contributed by atoms with van der Waals surface area (Å²) in [7, 11) is 1.85. The van der Waals surface area contributed by atoms with Crippen molar-refractivity contribution >= 4 is 29.9 Å². The van der Waals surface area contributed by atoms with E-state index in [1.54, 1.807) is 0 Å². The van der Waals surface area contributed by atoms with Crippen LogP contribution in [-0.2, 0) is 13.1 Å². The van der Waals surface area contributed by atoms with Gasteiger partial charge in [0, 0.05) is 26.2 Å². The fraction of sp³-hybridized carbons (Fsp3) is 0.708. The topological polar surface area (TPSA) is 42.9 Å². The van der Waals surface area contributed by atoms with Crippen molar-refractivity contribution in [1.29, 1.82) is 0 Å². The van der Waals surface area contributed by atoms with E-state index in [4.69, 9.17) is 0 Å². The summed E-state index contributed by atoms with van der Waals surface area (Å²) in [5.74, 6) is 0.887. The summed E-state index contributed by atoms with van der Waals surface area (Å²) in [5.41, 5.74) is 2.71. The molecule has 1 saturated heterocycles. The quantitative estimate of drug-likeness (QED) is 0.252. The molecule has 1 aliphatic heterocycles. The molecule has 172 valence electrons. The fourth-order valence-electron chi connectivity index (χ4n) is 3.99. The molecule has 1 heterocycles. The van der Waals surface area contributed by atoms with Crippen molar-refractivity contribution in [1.82, 2.24) is 20.4 Å². The van der Waals surface area contributed by atoms with Gasteiger partial charge in [-0.1, -0.05) is 44.5 Å². The minimum Gasteiger partial charge on any atom is -0.354 e. The van der Waals surface area contributed by atoms with Gasteiger partial charge in [-0.15, -0.1) is 24.0 Å². The molecule has 0 bridgehead atoms. The van der Waals surface area contributed by atoms with Crippen LogP contribution in [0.15, 0.2) is 29.3 Å². The second-order valence-corrected chi connectivity index (χ2v) is 8.29. The number of nitrogens with zero attached hydrogens (tertiary/aromatic N) is 3. The third-order valence-corrected chi connectivity index (χ3v) is 5.95. The minimum absolute atomic E-state index is 0. The first-order chi connectivity index (χ1) is 14.1. The number of hydrogen-bond acceptors (Lipinski definition) is 3. The normalized spacial score (nSPS) is 16.2. The molecule has 30 heavy (non-hydrogen) atoms. The van der Waals surface area contributed by atoms with Gasteiger partial charge in [0.25, 0.3) is 0 Å². The molecule has 0 aliphatic carbocycles. The van der Waals surface area contributed by atoms with Crippen molar-refractivity contribution < 1.29 is 0 Å². The maximum Gasteiger partial charge on any atom is 0.191 e. The van der Waals surface area contributed by atoms with Gasteiger partial charge >= 0.3 is 0 Å². The molecule has 0 amide bonds. The lowest BCUT2D eigenvalue weighted by Gasteiger charge is -2.26.